The van der Waals surface area contributed by atoms with Crippen LogP contribution in [0.25, 0.3) is 0 Å². The van der Waals surface area contributed by atoms with Crippen LogP contribution in [0.5, 0.6) is 0 Å². The van der Waals surface area contributed by atoms with Crippen molar-refractivity contribution in [2.24, 2.45) is 0 Å². The zero-order valence-electron chi connectivity index (χ0n) is 8.94. The average molecular weight is 277 g/mol. The van der Waals surface area contributed by atoms with Crippen molar-refractivity contribution in [3.63, 3.8) is 0 Å². The van der Waals surface area contributed by atoms with Crippen molar-refractivity contribution in [3.05, 3.63) is 56.5 Å². The summed E-state index contributed by atoms with van der Waals surface area (Å²) >= 11 is 5.86. The molecule has 0 aliphatic rings. The number of aromatic amines is 2. The number of hydrogen-bond acceptors (Lipinski definition) is 1. The van der Waals surface area contributed by atoms with Crippen molar-refractivity contribution >= 4 is 11.6 Å². The summed E-state index contributed by atoms with van der Waals surface area (Å²) in [5, 5.41) is 4.11. The second-order valence-corrected chi connectivity index (χ2v) is 4.11. The molecule has 2 aromatic rings. The lowest BCUT2D eigenvalue weighted by Crippen LogP contribution is -2.13. The van der Waals surface area contributed by atoms with E-state index in [1.54, 1.807) is 24.3 Å². The maximum Gasteiger partial charge on any atom is 0.433 e. The van der Waals surface area contributed by atoms with Gasteiger partial charge in [-0.15, -0.1) is 0 Å². The van der Waals surface area contributed by atoms with Crippen molar-refractivity contribution < 1.29 is 13.2 Å². The van der Waals surface area contributed by atoms with E-state index in [1.807, 2.05) is 10.2 Å². The Morgan fingerprint density at radius 2 is 1.83 bits per heavy atom. The molecule has 0 unspecified atom stereocenters. The molecule has 0 fully saturated rings. The first-order chi connectivity index (χ1) is 8.39. The Labute approximate surface area is 105 Å². The van der Waals surface area contributed by atoms with Gasteiger partial charge in [0.25, 0.3) is 5.56 Å². The molecule has 0 atom stereocenters. The number of aromatic nitrogens is 2. The van der Waals surface area contributed by atoms with Crippen LogP contribution < -0.4 is 5.56 Å². The van der Waals surface area contributed by atoms with E-state index >= 15 is 0 Å². The molecule has 0 radical (unpaired) electrons. The normalized spacial score (nSPS) is 11.8. The summed E-state index contributed by atoms with van der Waals surface area (Å²) in [7, 11) is 0. The van der Waals surface area contributed by atoms with Crippen molar-refractivity contribution in [2.45, 2.75) is 12.6 Å². The minimum absolute atomic E-state index is 0.173. The molecule has 2 rings (SSSR count). The van der Waals surface area contributed by atoms with E-state index in [0.717, 1.165) is 0 Å². The monoisotopic (exact) mass is 276 g/mol. The van der Waals surface area contributed by atoms with Crippen LogP contribution in [0.2, 0.25) is 5.02 Å². The van der Waals surface area contributed by atoms with Crippen LogP contribution >= 0.6 is 11.6 Å². The third kappa shape index (κ3) is 2.43. The molecule has 0 spiro atoms. The molecule has 0 amide bonds. The zero-order valence-corrected chi connectivity index (χ0v) is 9.69. The maximum atomic E-state index is 12.6. The van der Waals surface area contributed by atoms with E-state index in [2.05, 4.69) is 0 Å². The number of halogens is 4. The summed E-state index contributed by atoms with van der Waals surface area (Å²) in [6, 6.07) is 6.45. The summed E-state index contributed by atoms with van der Waals surface area (Å²) in [5.74, 6) is 0. The summed E-state index contributed by atoms with van der Waals surface area (Å²) < 4.78 is 37.9. The largest absolute Gasteiger partial charge is 0.433 e. The SMILES string of the molecule is O=c1[nH][nH]c(C(F)(F)F)c1Cc1ccccc1Cl. The van der Waals surface area contributed by atoms with Crippen LogP contribution in [-0.2, 0) is 12.6 Å². The highest BCUT2D eigenvalue weighted by atomic mass is 35.5. The number of hydrogen-bond donors (Lipinski definition) is 2. The number of rotatable bonds is 2. The standard InChI is InChI=1S/C11H8ClF3N2O/c12-8-4-2-1-3-6(8)5-7-9(11(13,14)15)16-17-10(7)18/h1-4H,5H2,(H2,16,17,18). The fraction of sp³-hybridized carbons (Fsp3) is 0.182. The van der Waals surface area contributed by atoms with Crippen LogP contribution in [0.1, 0.15) is 16.8 Å². The van der Waals surface area contributed by atoms with Gasteiger partial charge < -0.3 is 0 Å². The van der Waals surface area contributed by atoms with Crippen molar-refractivity contribution in [1.29, 1.82) is 0 Å². The van der Waals surface area contributed by atoms with Gasteiger partial charge in [0.05, 0.1) is 5.56 Å². The fourth-order valence-electron chi connectivity index (χ4n) is 1.63. The third-order valence-electron chi connectivity index (χ3n) is 2.49. The lowest BCUT2D eigenvalue weighted by molar-refractivity contribution is -0.141. The minimum Gasteiger partial charge on any atom is -0.293 e. The quantitative estimate of drug-likeness (QED) is 0.870. The molecule has 1 aromatic heterocycles. The molecular weight excluding hydrogens is 269 g/mol. The predicted octanol–water partition coefficient (Wildman–Crippen LogP) is 2.97. The first kappa shape index (κ1) is 12.8. The molecule has 7 heteroatoms. The van der Waals surface area contributed by atoms with Gasteiger partial charge in [-0.25, -0.2) is 0 Å². The lowest BCUT2D eigenvalue weighted by atomic mass is 10.1. The molecule has 1 aromatic carbocycles. The summed E-state index contributed by atoms with van der Waals surface area (Å²) in [5.41, 5.74) is -1.75. The number of alkyl halides is 3. The van der Waals surface area contributed by atoms with E-state index in [0.29, 0.717) is 10.6 Å². The molecule has 0 saturated heterocycles. The van der Waals surface area contributed by atoms with Crippen molar-refractivity contribution in [1.82, 2.24) is 10.2 Å². The highest BCUT2D eigenvalue weighted by Gasteiger charge is 2.36. The summed E-state index contributed by atoms with van der Waals surface area (Å²) in [6.07, 6.45) is -4.77. The maximum absolute atomic E-state index is 12.6. The van der Waals surface area contributed by atoms with Gasteiger partial charge >= 0.3 is 6.18 Å². The molecule has 96 valence electrons. The van der Waals surface area contributed by atoms with Gasteiger partial charge in [-0.3, -0.25) is 15.0 Å². The van der Waals surface area contributed by atoms with Crippen LogP contribution in [0.3, 0.4) is 0 Å². The Hall–Kier alpha value is -1.69. The average Bonchev–Trinajstić information content (AvgIpc) is 2.63. The molecule has 3 nitrogen and oxygen atoms in total. The van der Waals surface area contributed by atoms with Crippen LogP contribution in [0, 0.1) is 0 Å². The molecule has 0 aliphatic heterocycles. The van der Waals surface area contributed by atoms with Crippen LogP contribution in [0.4, 0.5) is 13.2 Å². The Morgan fingerprint density at radius 1 is 1.17 bits per heavy atom. The Morgan fingerprint density at radius 3 is 2.44 bits per heavy atom. The smallest absolute Gasteiger partial charge is 0.293 e. The second kappa shape index (κ2) is 4.53. The molecule has 18 heavy (non-hydrogen) atoms. The van der Waals surface area contributed by atoms with E-state index in [-0.39, 0.29) is 12.0 Å². The van der Waals surface area contributed by atoms with Crippen LogP contribution in [-0.4, -0.2) is 10.2 Å². The number of benzene rings is 1. The van der Waals surface area contributed by atoms with E-state index in [4.69, 9.17) is 11.6 Å². The van der Waals surface area contributed by atoms with Gasteiger partial charge in [0, 0.05) is 11.4 Å². The first-order valence-corrected chi connectivity index (χ1v) is 5.37. The molecular formula is C11H8ClF3N2O. The zero-order chi connectivity index (χ0) is 13.3. The minimum atomic E-state index is -4.60. The molecule has 0 saturated carbocycles. The Bertz CT molecular complexity index is 615. The third-order valence-corrected chi connectivity index (χ3v) is 2.85. The predicted molar refractivity (Wildman–Crippen MR) is 60.7 cm³/mol. The Kier molecular flexibility index (Phi) is 3.21. The fourth-order valence-corrected chi connectivity index (χ4v) is 1.83. The number of nitrogens with one attached hydrogen (secondary N) is 2. The second-order valence-electron chi connectivity index (χ2n) is 3.70. The van der Waals surface area contributed by atoms with Crippen molar-refractivity contribution in [2.75, 3.05) is 0 Å². The topological polar surface area (TPSA) is 48.6 Å². The molecule has 0 aliphatic carbocycles. The van der Waals surface area contributed by atoms with Gasteiger partial charge in [-0.2, -0.15) is 13.2 Å². The molecule has 2 N–H and O–H groups in total. The van der Waals surface area contributed by atoms with Gasteiger partial charge in [-0.05, 0) is 11.6 Å². The van der Waals surface area contributed by atoms with Gasteiger partial charge in [0.15, 0.2) is 0 Å². The van der Waals surface area contributed by atoms with Crippen LogP contribution in [0.15, 0.2) is 29.1 Å². The van der Waals surface area contributed by atoms with E-state index in [1.165, 1.54) is 0 Å². The first-order valence-electron chi connectivity index (χ1n) is 4.99. The molecule has 0 bridgehead atoms. The van der Waals surface area contributed by atoms with E-state index < -0.39 is 17.4 Å². The summed E-state index contributed by atoms with van der Waals surface area (Å²) in [6.45, 7) is 0. The van der Waals surface area contributed by atoms with E-state index in [9.17, 15) is 18.0 Å². The summed E-state index contributed by atoms with van der Waals surface area (Å²) in [4.78, 5) is 11.4. The van der Waals surface area contributed by atoms with Gasteiger partial charge in [-0.1, -0.05) is 29.8 Å². The Balaban J connectivity index is 2.44. The van der Waals surface area contributed by atoms with Crippen molar-refractivity contribution in [3.8, 4) is 0 Å². The highest BCUT2D eigenvalue weighted by molar-refractivity contribution is 6.31. The highest BCUT2D eigenvalue weighted by Crippen LogP contribution is 2.30. The number of H-pyrrole nitrogens is 2. The van der Waals surface area contributed by atoms with Gasteiger partial charge in [0.2, 0.25) is 0 Å². The molecule has 1 heterocycles. The lowest BCUT2D eigenvalue weighted by Gasteiger charge is -2.07. The van der Waals surface area contributed by atoms with Gasteiger partial charge in [0.1, 0.15) is 5.69 Å².